The lowest BCUT2D eigenvalue weighted by atomic mass is 9.96. The molecule has 1 heteroatoms. The van der Waals surface area contributed by atoms with Gasteiger partial charge in [-0.1, -0.05) is 54.6 Å². The minimum atomic E-state index is 1.29. The first-order valence-electron chi connectivity index (χ1n) is 6.30. The number of fused-ring (bicyclic) bond motifs is 2. The van der Waals surface area contributed by atoms with E-state index >= 15 is 0 Å². The molecule has 0 aliphatic carbocycles. The van der Waals surface area contributed by atoms with Crippen molar-refractivity contribution >= 4 is 32.2 Å². The molecule has 0 saturated heterocycles. The lowest BCUT2D eigenvalue weighted by Crippen LogP contribution is -1.81. The Morgan fingerprint density at radius 1 is 0.684 bits per heavy atom. The van der Waals surface area contributed by atoms with E-state index in [1.165, 1.54) is 32.0 Å². The van der Waals surface area contributed by atoms with Gasteiger partial charge in [-0.2, -0.15) is 0 Å². The fraction of sp³-hybridized carbons (Fsp3) is 0. The minimum Gasteiger partial charge on any atom is -0.134 e. The molecule has 3 aromatic carbocycles. The van der Waals surface area contributed by atoms with E-state index in [0.717, 1.165) is 0 Å². The van der Waals surface area contributed by atoms with Crippen molar-refractivity contribution in [3.8, 4) is 11.1 Å². The molecule has 1 heterocycles. The lowest BCUT2D eigenvalue weighted by molar-refractivity contribution is 1.71. The summed E-state index contributed by atoms with van der Waals surface area (Å²) in [5.41, 5.74) is 2.60. The van der Waals surface area contributed by atoms with Crippen LogP contribution in [0.2, 0.25) is 0 Å². The van der Waals surface area contributed by atoms with Crippen LogP contribution in [0.25, 0.3) is 32.0 Å². The molecule has 0 spiro atoms. The Labute approximate surface area is 115 Å². The van der Waals surface area contributed by atoms with E-state index in [0.29, 0.717) is 0 Å². The second kappa shape index (κ2) is 4.22. The molecule has 4 rings (SSSR count). The average molecular weight is 259 g/mol. The van der Waals surface area contributed by atoms with E-state index in [1.807, 2.05) is 0 Å². The Bertz CT molecular complexity index is 866. The Morgan fingerprint density at radius 3 is 2.37 bits per heavy atom. The molecule has 0 nitrogen and oxygen atoms in total. The molecule has 0 bridgehead atoms. The first kappa shape index (κ1) is 10.8. The van der Waals surface area contributed by atoms with Crippen molar-refractivity contribution in [1.29, 1.82) is 0 Å². The van der Waals surface area contributed by atoms with Crippen LogP contribution in [-0.2, 0) is 0 Å². The second-order valence-electron chi connectivity index (χ2n) is 4.61. The third-order valence-corrected chi connectivity index (χ3v) is 4.33. The number of hydrogen-bond donors (Lipinski definition) is 0. The quantitative estimate of drug-likeness (QED) is 0.422. The highest BCUT2D eigenvalue weighted by atomic mass is 32.1. The minimum absolute atomic E-state index is 1.29. The smallest absolute Gasteiger partial charge is 0.0455 e. The van der Waals surface area contributed by atoms with Gasteiger partial charge in [0, 0.05) is 15.5 Å². The zero-order chi connectivity index (χ0) is 12.7. The molecule has 0 N–H and O–H groups in total. The van der Waals surface area contributed by atoms with Crippen molar-refractivity contribution in [2.75, 3.05) is 0 Å². The van der Waals surface area contributed by atoms with Crippen LogP contribution in [0.3, 0.4) is 0 Å². The van der Waals surface area contributed by atoms with E-state index in [4.69, 9.17) is 0 Å². The standard InChI is InChI=1S/C18H11S/c1-2-7-14-13(5-1)6-3-8-15(14)16-9-4-10-18-17(16)11-12-19-18/h1-11H. The molecule has 0 fully saturated rings. The molecule has 0 atom stereocenters. The van der Waals surface area contributed by atoms with Crippen molar-refractivity contribution in [1.82, 2.24) is 0 Å². The maximum absolute atomic E-state index is 3.24. The fourth-order valence-electron chi connectivity index (χ4n) is 2.63. The van der Waals surface area contributed by atoms with Crippen molar-refractivity contribution < 1.29 is 0 Å². The van der Waals surface area contributed by atoms with Crippen LogP contribution in [0.1, 0.15) is 0 Å². The maximum Gasteiger partial charge on any atom is 0.0455 e. The van der Waals surface area contributed by atoms with Crippen LogP contribution in [0, 0.1) is 5.38 Å². The summed E-state index contributed by atoms with van der Waals surface area (Å²) in [5, 5.41) is 7.13. The summed E-state index contributed by atoms with van der Waals surface area (Å²) in [4.78, 5) is 0. The van der Waals surface area contributed by atoms with E-state index in [1.54, 1.807) is 11.3 Å². The van der Waals surface area contributed by atoms with E-state index < -0.39 is 0 Å². The molecule has 0 unspecified atom stereocenters. The van der Waals surface area contributed by atoms with Gasteiger partial charge in [0.25, 0.3) is 0 Å². The molecule has 0 aliphatic heterocycles. The van der Waals surface area contributed by atoms with Crippen LogP contribution >= 0.6 is 11.3 Å². The first-order chi connectivity index (χ1) is 9.43. The van der Waals surface area contributed by atoms with Crippen LogP contribution in [0.15, 0.2) is 66.7 Å². The van der Waals surface area contributed by atoms with Crippen molar-refractivity contribution in [3.63, 3.8) is 0 Å². The van der Waals surface area contributed by atoms with Crippen LogP contribution in [0.4, 0.5) is 0 Å². The van der Waals surface area contributed by atoms with Gasteiger partial charge in [0.2, 0.25) is 0 Å². The molecule has 19 heavy (non-hydrogen) atoms. The summed E-state index contributed by atoms with van der Waals surface area (Å²) in [6.07, 6.45) is 0. The SMILES string of the molecule is [c]1cc2c(-c3cccc4ccccc34)cccc2s1. The summed E-state index contributed by atoms with van der Waals surface area (Å²) >= 11 is 1.68. The van der Waals surface area contributed by atoms with Crippen LogP contribution < -0.4 is 0 Å². The predicted molar refractivity (Wildman–Crippen MR) is 83.6 cm³/mol. The van der Waals surface area contributed by atoms with E-state index in [-0.39, 0.29) is 0 Å². The first-order valence-corrected chi connectivity index (χ1v) is 7.12. The highest BCUT2D eigenvalue weighted by Gasteiger charge is 2.07. The number of rotatable bonds is 1. The number of thiophene rings is 1. The van der Waals surface area contributed by atoms with Gasteiger partial charge >= 0.3 is 0 Å². The van der Waals surface area contributed by atoms with Gasteiger partial charge in [0.05, 0.1) is 0 Å². The van der Waals surface area contributed by atoms with Crippen LogP contribution in [0.5, 0.6) is 0 Å². The molecular formula is C18H11S. The van der Waals surface area contributed by atoms with Gasteiger partial charge in [-0.05, 0) is 34.0 Å². The van der Waals surface area contributed by atoms with Crippen molar-refractivity contribution in [3.05, 3.63) is 72.1 Å². The Morgan fingerprint density at radius 2 is 1.42 bits per heavy atom. The largest absolute Gasteiger partial charge is 0.134 e. The molecule has 0 aliphatic rings. The lowest BCUT2D eigenvalue weighted by Gasteiger charge is -2.08. The van der Waals surface area contributed by atoms with E-state index in [9.17, 15) is 0 Å². The van der Waals surface area contributed by atoms with Crippen LogP contribution in [-0.4, -0.2) is 0 Å². The Balaban J connectivity index is 2.12. The van der Waals surface area contributed by atoms with Crippen molar-refractivity contribution in [2.24, 2.45) is 0 Å². The molecule has 1 aromatic heterocycles. The monoisotopic (exact) mass is 259 g/mol. The zero-order valence-corrected chi connectivity index (χ0v) is 11.1. The molecule has 89 valence electrons. The fourth-order valence-corrected chi connectivity index (χ4v) is 3.36. The van der Waals surface area contributed by atoms with Gasteiger partial charge in [0.1, 0.15) is 0 Å². The van der Waals surface area contributed by atoms with Gasteiger partial charge in [0.15, 0.2) is 0 Å². The van der Waals surface area contributed by atoms with Gasteiger partial charge in [-0.3, -0.25) is 0 Å². The van der Waals surface area contributed by atoms with E-state index in [2.05, 4.69) is 72.1 Å². The second-order valence-corrected chi connectivity index (χ2v) is 5.49. The maximum atomic E-state index is 3.24. The predicted octanol–water partition coefficient (Wildman–Crippen LogP) is 5.52. The molecule has 1 radical (unpaired) electrons. The molecule has 0 amide bonds. The summed E-state index contributed by atoms with van der Waals surface area (Å²) in [5.74, 6) is 0. The summed E-state index contributed by atoms with van der Waals surface area (Å²) in [6, 6.07) is 23.6. The topological polar surface area (TPSA) is 0 Å². The highest BCUT2D eigenvalue weighted by Crippen LogP contribution is 2.35. The Kier molecular flexibility index (Phi) is 2.39. The van der Waals surface area contributed by atoms with Gasteiger partial charge < -0.3 is 0 Å². The zero-order valence-electron chi connectivity index (χ0n) is 10.3. The number of hydrogen-bond acceptors (Lipinski definition) is 1. The normalized spacial score (nSPS) is 11.2. The summed E-state index contributed by atoms with van der Waals surface area (Å²) < 4.78 is 1.30. The molecule has 4 aromatic rings. The third-order valence-electron chi connectivity index (χ3n) is 3.52. The summed E-state index contributed by atoms with van der Waals surface area (Å²) in [7, 11) is 0. The van der Waals surface area contributed by atoms with Crippen molar-refractivity contribution in [2.45, 2.75) is 0 Å². The summed E-state index contributed by atoms with van der Waals surface area (Å²) in [6.45, 7) is 0. The van der Waals surface area contributed by atoms with Gasteiger partial charge in [-0.25, -0.2) is 0 Å². The molecular weight excluding hydrogens is 248 g/mol. The Hall–Kier alpha value is -2.12. The average Bonchev–Trinajstić information content (AvgIpc) is 2.95. The number of benzene rings is 3. The highest BCUT2D eigenvalue weighted by molar-refractivity contribution is 7.16. The van der Waals surface area contributed by atoms with Gasteiger partial charge in [-0.15, -0.1) is 11.3 Å². The molecule has 0 saturated carbocycles. The third kappa shape index (κ3) is 1.66.